The molecule has 0 saturated carbocycles. The molecule has 0 radical (unpaired) electrons. The summed E-state index contributed by atoms with van der Waals surface area (Å²) >= 11 is 0. The van der Waals surface area contributed by atoms with E-state index < -0.39 is 36.0 Å². The highest BCUT2D eigenvalue weighted by Crippen LogP contribution is 2.41. The molecule has 4 rings (SSSR count). The lowest BCUT2D eigenvalue weighted by atomic mass is 9.71. The lowest BCUT2D eigenvalue weighted by Crippen LogP contribution is -2.61. The maximum Gasteiger partial charge on any atom is 0.490 e. The van der Waals surface area contributed by atoms with Crippen molar-refractivity contribution in [3.8, 4) is 0 Å². The Balaban J connectivity index is 0.000000367. The Morgan fingerprint density at radius 2 is 1.19 bits per heavy atom. The third-order valence-corrected chi connectivity index (χ3v) is 6.36. The van der Waals surface area contributed by atoms with Gasteiger partial charge in [-0.05, 0) is 55.8 Å². The van der Waals surface area contributed by atoms with Gasteiger partial charge < -0.3 is 15.1 Å². The first-order valence-electron chi connectivity index (χ1n) is 11.9. The van der Waals surface area contributed by atoms with Crippen LogP contribution in [0.5, 0.6) is 0 Å². The lowest BCUT2D eigenvalue weighted by molar-refractivity contribution is -0.193. The van der Waals surface area contributed by atoms with Crippen molar-refractivity contribution in [3.05, 3.63) is 65.5 Å². The molecule has 3 heterocycles. The minimum atomic E-state index is -5.08. The largest absolute Gasteiger partial charge is 0.490 e. The van der Waals surface area contributed by atoms with Gasteiger partial charge in [-0.2, -0.15) is 39.5 Å². The fourth-order valence-electron chi connectivity index (χ4n) is 4.14. The number of amides is 1. The number of carbonyl (C=O) groups is 3. The van der Waals surface area contributed by atoms with Crippen LogP contribution in [0.1, 0.15) is 34.3 Å². The monoisotopic (exact) mass is 617 g/mol. The van der Waals surface area contributed by atoms with Crippen LogP contribution in [-0.2, 0) is 22.3 Å². The Kier molecular flexibility index (Phi) is 10.9. The van der Waals surface area contributed by atoms with Crippen molar-refractivity contribution < 1.29 is 64.1 Å². The van der Waals surface area contributed by atoms with Crippen LogP contribution >= 0.6 is 0 Å². The van der Waals surface area contributed by atoms with E-state index in [9.17, 15) is 44.3 Å². The van der Waals surface area contributed by atoms with E-state index in [-0.39, 0.29) is 11.3 Å². The standard InChI is InChI=1S/C21H22F3N3O.2C2HF3O2/c22-21(23,24)18-3-1-16(2-4-18)13-26-11-7-20(8-12-26)14-27(15-20)19(28)17-5-9-25-10-6-17;2*3-2(4,5)1(6)7/h1-6,9-10H,7-8,11-15H2;2*(H,6,7). The fraction of sp³-hybridized carbons (Fsp3) is 0.440. The maximum atomic E-state index is 12.7. The highest BCUT2D eigenvalue weighted by atomic mass is 19.4. The van der Waals surface area contributed by atoms with Crippen molar-refractivity contribution >= 4 is 17.8 Å². The number of rotatable bonds is 3. The summed E-state index contributed by atoms with van der Waals surface area (Å²) in [5.41, 5.74) is 1.15. The number of pyridine rings is 1. The number of aromatic nitrogens is 1. The number of aliphatic carboxylic acids is 2. The van der Waals surface area contributed by atoms with E-state index in [4.69, 9.17) is 19.8 Å². The minimum Gasteiger partial charge on any atom is -0.475 e. The molecular weight excluding hydrogens is 593 g/mol. The van der Waals surface area contributed by atoms with Crippen LogP contribution in [0.15, 0.2) is 48.8 Å². The molecule has 0 unspecified atom stereocenters. The second-order valence-electron chi connectivity index (χ2n) is 9.47. The molecule has 0 atom stereocenters. The molecule has 8 nitrogen and oxygen atoms in total. The quantitative estimate of drug-likeness (QED) is 0.461. The number of likely N-dealkylation sites (tertiary alicyclic amines) is 2. The van der Waals surface area contributed by atoms with Crippen LogP contribution < -0.4 is 0 Å². The van der Waals surface area contributed by atoms with E-state index >= 15 is 0 Å². The molecule has 0 bridgehead atoms. The number of carbonyl (C=O) groups excluding carboxylic acids is 1. The van der Waals surface area contributed by atoms with Crippen LogP contribution in [-0.4, -0.2) is 81.4 Å². The van der Waals surface area contributed by atoms with Crippen molar-refractivity contribution in [1.29, 1.82) is 0 Å². The van der Waals surface area contributed by atoms with E-state index in [1.165, 1.54) is 0 Å². The zero-order valence-corrected chi connectivity index (χ0v) is 21.4. The smallest absolute Gasteiger partial charge is 0.475 e. The summed E-state index contributed by atoms with van der Waals surface area (Å²) < 4.78 is 101. The van der Waals surface area contributed by atoms with E-state index in [2.05, 4.69) is 9.88 Å². The summed E-state index contributed by atoms with van der Waals surface area (Å²) in [6.07, 6.45) is -9.19. The summed E-state index contributed by atoms with van der Waals surface area (Å²) in [6, 6.07) is 8.89. The molecule has 2 aliphatic heterocycles. The number of benzene rings is 1. The van der Waals surface area contributed by atoms with Gasteiger partial charge in [-0.25, -0.2) is 9.59 Å². The van der Waals surface area contributed by atoms with Gasteiger partial charge in [0.15, 0.2) is 0 Å². The van der Waals surface area contributed by atoms with E-state index in [0.29, 0.717) is 12.1 Å². The molecule has 17 heteroatoms. The number of hydrogen-bond donors (Lipinski definition) is 2. The molecule has 1 aromatic carbocycles. The van der Waals surface area contributed by atoms with Crippen molar-refractivity contribution in [1.82, 2.24) is 14.8 Å². The number of hydrogen-bond acceptors (Lipinski definition) is 5. The van der Waals surface area contributed by atoms with Gasteiger partial charge in [-0.3, -0.25) is 14.7 Å². The summed E-state index contributed by atoms with van der Waals surface area (Å²) in [5.74, 6) is -5.46. The summed E-state index contributed by atoms with van der Waals surface area (Å²) in [6.45, 7) is 4.02. The van der Waals surface area contributed by atoms with Gasteiger partial charge >= 0.3 is 30.5 Å². The predicted molar refractivity (Wildman–Crippen MR) is 126 cm³/mol. The number of carboxylic acid groups (broad SMARTS) is 2. The third-order valence-electron chi connectivity index (χ3n) is 6.36. The predicted octanol–water partition coefficient (Wildman–Crippen LogP) is 5.11. The first-order chi connectivity index (χ1) is 19.2. The topological polar surface area (TPSA) is 111 Å². The van der Waals surface area contributed by atoms with Gasteiger partial charge in [0.2, 0.25) is 0 Å². The second-order valence-corrected chi connectivity index (χ2v) is 9.47. The number of carboxylic acids is 2. The Morgan fingerprint density at radius 1 is 0.762 bits per heavy atom. The number of alkyl halides is 9. The van der Waals surface area contributed by atoms with Crippen molar-refractivity contribution in [2.24, 2.45) is 5.41 Å². The number of halogens is 9. The van der Waals surface area contributed by atoms with Gasteiger partial charge in [0.25, 0.3) is 5.91 Å². The van der Waals surface area contributed by atoms with E-state index in [1.807, 2.05) is 4.90 Å². The van der Waals surface area contributed by atoms with Crippen LogP contribution in [0.2, 0.25) is 0 Å². The van der Waals surface area contributed by atoms with E-state index in [1.54, 1.807) is 36.7 Å². The summed E-state index contributed by atoms with van der Waals surface area (Å²) in [4.78, 5) is 38.4. The lowest BCUT2D eigenvalue weighted by Gasteiger charge is -2.54. The zero-order valence-electron chi connectivity index (χ0n) is 21.4. The van der Waals surface area contributed by atoms with Crippen LogP contribution in [0, 0.1) is 5.41 Å². The Hall–Kier alpha value is -3.89. The molecule has 2 fully saturated rings. The zero-order chi connectivity index (χ0) is 31.9. The molecule has 0 aliphatic carbocycles. The maximum absolute atomic E-state index is 12.7. The normalized spacial score (nSPS) is 16.7. The SMILES string of the molecule is O=C(O)C(F)(F)F.O=C(O)C(F)(F)F.O=C(c1ccncc1)N1CC2(CCN(Cc3ccc(C(F)(F)F)cc3)CC2)C1. The molecule has 1 spiro atoms. The van der Waals surface area contributed by atoms with Gasteiger partial charge in [0.05, 0.1) is 5.56 Å². The van der Waals surface area contributed by atoms with Crippen molar-refractivity contribution in [2.45, 2.75) is 37.9 Å². The van der Waals surface area contributed by atoms with Crippen LogP contribution in [0.3, 0.4) is 0 Å². The van der Waals surface area contributed by atoms with Gasteiger partial charge in [0, 0.05) is 43.0 Å². The van der Waals surface area contributed by atoms with E-state index in [0.717, 1.165) is 56.7 Å². The second kappa shape index (κ2) is 13.4. The molecule has 42 heavy (non-hydrogen) atoms. The highest BCUT2D eigenvalue weighted by Gasteiger charge is 2.46. The van der Waals surface area contributed by atoms with Gasteiger partial charge in [-0.15, -0.1) is 0 Å². The molecular formula is C25H24F9N3O5. The Bertz CT molecular complexity index is 1180. The molecule has 2 N–H and O–H groups in total. The Morgan fingerprint density at radius 3 is 1.57 bits per heavy atom. The number of piperidine rings is 1. The van der Waals surface area contributed by atoms with Crippen molar-refractivity contribution in [2.75, 3.05) is 26.2 Å². The first-order valence-corrected chi connectivity index (χ1v) is 11.9. The number of nitrogens with zero attached hydrogens (tertiary/aromatic N) is 3. The molecule has 232 valence electrons. The van der Waals surface area contributed by atoms with Crippen molar-refractivity contribution in [3.63, 3.8) is 0 Å². The van der Waals surface area contributed by atoms with Gasteiger partial charge in [-0.1, -0.05) is 12.1 Å². The molecule has 2 aliphatic rings. The highest BCUT2D eigenvalue weighted by molar-refractivity contribution is 5.94. The average Bonchev–Trinajstić information content (AvgIpc) is 2.87. The Labute approximate surface area is 232 Å². The van der Waals surface area contributed by atoms with Crippen LogP contribution in [0.25, 0.3) is 0 Å². The first kappa shape index (κ1) is 34.3. The summed E-state index contributed by atoms with van der Waals surface area (Å²) in [5, 5.41) is 14.2. The summed E-state index contributed by atoms with van der Waals surface area (Å²) in [7, 11) is 0. The average molecular weight is 617 g/mol. The molecule has 2 aromatic rings. The fourth-order valence-corrected chi connectivity index (χ4v) is 4.14. The third kappa shape index (κ3) is 10.2. The van der Waals surface area contributed by atoms with Crippen LogP contribution in [0.4, 0.5) is 39.5 Å². The molecule has 1 amide bonds. The molecule has 1 aromatic heterocycles. The minimum absolute atomic E-state index is 0.0557. The molecule has 2 saturated heterocycles. The van der Waals surface area contributed by atoms with Gasteiger partial charge in [0.1, 0.15) is 0 Å².